The molecule has 1 aromatic rings. The fourth-order valence-corrected chi connectivity index (χ4v) is 4.46. The van der Waals surface area contributed by atoms with Gasteiger partial charge < -0.3 is 5.32 Å². The van der Waals surface area contributed by atoms with E-state index >= 15 is 0 Å². The summed E-state index contributed by atoms with van der Waals surface area (Å²) < 4.78 is 0. The van der Waals surface area contributed by atoms with Crippen LogP contribution in [0.3, 0.4) is 0 Å². The molecule has 1 aromatic carbocycles. The molecule has 106 valence electrons. The van der Waals surface area contributed by atoms with Gasteiger partial charge in [0.2, 0.25) is 0 Å². The molecular weight excluding hydrogens is 250 g/mol. The quantitative estimate of drug-likeness (QED) is 0.787. The SMILES string of the molecule is CCNC(CC(CC)CC)C1Cc2ccccc2S1. The zero-order valence-electron chi connectivity index (χ0n) is 12.5. The Morgan fingerprint density at radius 1 is 1.21 bits per heavy atom. The highest BCUT2D eigenvalue weighted by Crippen LogP contribution is 2.39. The van der Waals surface area contributed by atoms with Crippen LogP contribution in [0.1, 0.15) is 45.6 Å². The van der Waals surface area contributed by atoms with Crippen molar-refractivity contribution in [2.45, 2.75) is 62.6 Å². The molecule has 0 amide bonds. The molecular formula is C17H27NS. The molecule has 0 aromatic heterocycles. The Hall–Kier alpha value is -0.470. The van der Waals surface area contributed by atoms with E-state index in [0.717, 1.165) is 17.7 Å². The lowest BCUT2D eigenvalue weighted by Gasteiger charge is -2.27. The standard InChI is InChI=1S/C17H27NS/c1-4-13(5-2)11-15(18-6-3)17-12-14-9-7-8-10-16(14)19-17/h7-10,13,15,17-18H,4-6,11-12H2,1-3H3. The lowest BCUT2D eigenvalue weighted by atomic mass is 9.91. The lowest BCUT2D eigenvalue weighted by molar-refractivity contribution is 0.362. The lowest BCUT2D eigenvalue weighted by Crippen LogP contribution is -2.39. The zero-order valence-corrected chi connectivity index (χ0v) is 13.3. The van der Waals surface area contributed by atoms with Crippen LogP contribution in [0.5, 0.6) is 0 Å². The molecule has 2 rings (SSSR count). The van der Waals surface area contributed by atoms with Crippen molar-refractivity contribution in [3.63, 3.8) is 0 Å². The summed E-state index contributed by atoms with van der Waals surface area (Å²) in [6.07, 6.45) is 5.18. The number of thioether (sulfide) groups is 1. The van der Waals surface area contributed by atoms with Gasteiger partial charge in [0.15, 0.2) is 0 Å². The average Bonchev–Trinajstić information content (AvgIpc) is 2.87. The van der Waals surface area contributed by atoms with E-state index in [1.54, 1.807) is 5.56 Å². The van der Waals surface area contributed by atoms with Gasteiger partial charge in [-0.2, -0.15) is 0 Å². The molecule has 0 aliphatic carbocycles. The Balaban J connectivity index is 2.01. The molecule has 19 heavy (non-hydrogen) atoms. The number of fused-ring (bicyclic) bond motifs is 1. The first-order valence-electron chi connectivity index (χ1n) is 7.76. The van der Waals surface area contributed by atoms with Gasteiger partial charge in [-0.15, -0.1) is 11.8 Å². The summed E-state index contributed by atoms with van der Waals surface area (Å²) in [5, 5.41) is 4.46. The van der Waals surface area contributed by atoms with Gasteiger partial charge in [0.1, 0.15) is 0 Å². The van der Waals surface area contributed by atoms with Crippen LogP contribution in [-0.4, -0.2) is 17.8 Å². The predicted molar refractivity (Wildman–Crippen MR) is 85.9 cm³/mol. The van der Waals surface area contributed by atoms with Crippen LogP contribution in [-0.2, 0) is 6.42 Å². The number of hydrogen-bond donors (Lipinski definition) is 1. The minimum Gasteiger partial charge on any atom is -0.313 e. The molecule has 0 saturated heterocycles. The van der Waals surface area contributed by atoms with Gasteiger partial charge in [0, 0.05) is 16.2 Å². The van der Waals surface area contributed by atoms with E-state index in [2.05, 4.69) is 62.1 Å². The fourth-order valence-electron chi connectivity index (χ4n) is 3.04. The van der Waals surface area contributed by atoms with E-state index in [4.69, 9.17) is 0 Å². The van der Waals surface area contributed by atoms with Crippen molar-refractivity contribution in [1.82, 2.24) is 5.32 Å². The number of benzene rings is 1. The number of rotatable bonds is 7. The summed E-state index contributed by atoms with van der Waals surface area (Å²) in [4.78, 5) is 1.50. The van der Waals surface area contributed by atoms with Crippen molar-refractivity contribution in [3.8, 4) is 0 Å². The maximum atomic E-state index is 3.74. The normalized spacial score (nSPS) is 19.7. The maximum Gasteiger partial charge on any atom is 0.0289 e. The van der Waals surface area contributed by atoms with Gasteiger partial charge in [-0.25, -0.2) is 0 Å². The fraction of sp³-hybridized carbons (Fsp3) is 0.647. The first-order chi connectivity index (χ1) is 9.28. The Kier molecular flexibility index (Phi) is 5.77. The summed E-state index contributed by atoms with van der Waals surface area (Å²) in [5.74, 6) is 0.869. The van der Waals surface area contributed by atoms with E-state index in [1.165, 1.54) is 30.6 Å². The van der Waals surface area contributed by atoms with Crippen LogP contribution in [0.15, 0.2) is 29.2 Å². The second-order valence-corrected chi connectivity index (χ2v) is 6.83. The third kappa shape index (κ3) is 3.76. The summed E-state index contributed by atoms with van der Waals surface area (Å²) in [6, 6.07) is 9.57. The molecule has 1 aliphatic heterocycles. The maximum absolute atomic E-state index is 3.74. The third-order valence-corrected chi connectivity index (χ3v) is 5.78. The molecule has 0 saturated carbocycles. The second kappa shape index (κ2) is 7.35. The number of nitrogens with one attached hydrogen (secondary N) is 1. The van der Waals surface area contributed by atoms with Crippen LogP contribution in [0, 0.1) is 5.92 Å². The first-order valence-corrected chi connectivity index (χ1v) is 8.64. The minimum absolute atomic E-state index is 0.660. The molecule has 0 radical (unpaired) electrons. The van der Waals surface area contributed by atoms with Gasteiger partial charge in [0.25, 0.3) is 0 Å². The van der Waals surface area contributed by atoms with Gasteiger partial charge in [-0.1, -0.05) is 51.8 Å². The Labute approximate surface area is 122 Å². The van der Waals surface area contributed by atoms with Crippen LogP contribution >= 0.6 is 11.8 Å². The number of hydrogen-bond acceptors (Lipinski definition) is 2. The highest BCUT2D eigenvalue weighted by atomic mass is 32.2. The summed E-state index contributed by atoms with van der Waals surface area (Å²) >= 11 is 2.08. The monoisotopic (exact) mass is 277 g/mol. The molecule has 0 bridgehead atoms. The van der Waals surface area contributed by atoms with Gasteiger partial charge in [-0.05, 0) is 36.9 Å². The average molecular weight is 277 g/mol. The van der Waals surface area contributed by atoms with Gasteiger partial charge >= 0.3 is 0 Å². The van der Waals surface area contributed by atoms with Crippen molar-refractivity contribution in [2.24, 2.45) is 5.92 Å². The Morgan fingerprint density at radius 2 is 1.95 bits per heavy atom. The molecule has 1 nitrogen and oxygen atoms in total. The zero-order chi connectivity index (χ0) is 13.7. The first kappa shape index (κ1) is 14.9. The molecule has 0 spiro atoms. The van der Waals surface area contributed by atoms with Gasteiger partial charge in [-0.3, -0.25) is 0 Å². The topological polar surface area (TPSA) is 12.0 Å². The highest BCUT2D eigenvalue weighted by molar-refractivity contribution is 8.00. The van der Waals surface area contributed by atoms with Crippen LogP contribution in [0.25, 0.3) is 0 Å². The van der Waals surface area contributed by atoms with Crippen LogP contribution < -0.4 is 5.32 Å². The summed E-state index contributed by atoms with van der Waals surface area (Å²) in [6.45, 7) is 7.96. The van der Waals surface area contributed by atoms with Crippen molar-refractivity contribution < 1.29 is 0 Å². The molecule has 2 atom stereocenters. The van der Waals surface area contributed by atoms with Crippen LogP contribution in [0.2, 0.25) is 0 Å². The van der Waals surface area contributed by atoms with Crippen molar-refractivity contribution in [3.05, 3.63) is 29.8 Å². The van der Waals surface area contributed by atoms with E-state index < -0.39 is 0 Å². The highest BCUT2D eigenvalue weighted by Gasteiger charge is 2.29. The largest absolute Gasteiger partial charge is 0.313 e. The predicted octanol–water partition coefficient (Wildman–Crippen LogP) is 4.51. The summed E-state index contributed by atoms with van der Waals surface area (Å²) in [7, 11) is 0. The third-order valence-electron chi connectivity index (χ3n) is 4.33. The van der Waals surface area contributed by atoms with E-state index in [9.17, 15) is 0 Å². The molecule has 1 aliphatic rings. The van der Waals surface area contributed by atoms with E-state index in [-0.39, 0.29) is 0 Å². The smallest absolute Gasteiger partial charge is 0.0289 e. The molecule has 0 fully saturated rings. The molecule has 2 unspecified atom stereocenters. The van der Waals surface area contributed by atoms with E-state index in [1.807, 2.05) is 0 Å². The second-order valence-electron chi connectivity index (χ2n) is 5.55. The van der Waals surface area contributed by atoms with Crippen molar-refractivity contribution >= 4 is 11.8 Å². The van der Waals surface area contributed by atoms with Crippen LogP contribution in [0.4, 0.5) is 0 Å². The molecule has 1 heterocycles. The minimum atomic E-state index is 0.660. The van der Waals surface area contributed by atoms with Gasteiger partial charge in [0.05, 0.1) is 0 Å². The Morgan fingerprint density at radius 3 is 2.58 bits per heavy atom. The van der Waals surface area contributed by atoms with Crippen molar-refractivity contribution in [2.75, 3.05) is 6.54 Å². The molecule has 2 heteroatoms. The Bertz CT molecular complexity index is 362. The summed E-state index contributed by atoms with van der Waals surface area (Å²) in [5.41, 5.74) is 1.55. The van der Waals surface area contributed by atoms with Crippen molar-refractivity contribution in [1.29, 1.82) is 0 Å². The molecule has 1 N–H and O–H groups in total. The van der Waals surface area contributed by atoms with E-state index in [0.29, 0.717) is 6.04 Å².